The highest BCUT2D eigenvalue weighted by Gasteiger charge is 2.38. The molecule has 1 aliphatic heterocycles. The maximum atomic E-state index is 5.58. The zero-order valence-electron chi connectivity index (χ0n) is 12.5. The molecule has 1 N–H and O–H groups in total. The molecule has 0 spiro atoms. The van der Waals surface area contributed by atoms with Crippen LogP contribution < -0.4 is 0 Å². The van der Waals surface area contributed by atoms with Crippen LogP contribution in [-0.2, 0) is 10.2 Å². The average Bonchev–Trinajstić information content (AvgIpc) is 2.53. The van der Waals surface area contributed by atoms with Gasteiger partial charge in [-0.15, -0.1) is 0 Å². The molecule has 2 aromatic rings. The first-order valence-corrected chi connectivity index (χ1v) is 7.75. The van der Waals surface area contributed by atoms with Gasteiger partial charge in [-0.25, -0.2) is 4.98 Å². The number of aryl methyl sites for hydroxylation is 1. The minimum atomic E-state index is -0.120. The fourth-order valence-electron chi connectivity index (χ4n) is 3.01. The Hall–Kier alpha value is -1.52. The van der Waals surface area contributed by atoms with Gasteiger partial charge < -0.3 is 9.72 Å². The monoisotopic (exact) mass is 300 g/mol. The van der Waals surface area contributed by atoms with E-state index in [0.717, 1.165) is 43.1 Å². The summed E-state index contributed by atoms with van der Waals surface area (Å²) in [5, 5.41) is 0. The summed E-state index contributed by atoms with van der Waals surface area (Å²) < 4.78 is 6.28. The molecule has 0 saturated carbocycles. The summed E-state index contributed by atoms with van der Waals surface area (Å²) in [5.41, 5.74) is 3.33. The number of rotatable bonds is 2. The van der Waals surface area contributed by atoms with Crippen LogP contribution in [-0.4, -0.2) is 23.2 Å². The lowest BCUT2D eigenvalue weighted by atomic mass is 9.73. The van der Waals surface area contributed by atoms with Crippen molar-refractivity contribution in [2.24, 2.45) is 0 Å². The van der Waals surface area contributed by atoms with Crippen molar-refractivity contribution in [1.82, 2.24) is 9.97 Å². The topological polar surface area (TPSA) is 37.9 Å². The van der Waals surface area contributed by atoms with E-state index in [0.29, 0.717) is 4.64 Å². The Morgan fingerprint density at radius 2 is 1.81 bits per heavy atom. The summed E-state index contributed by atoms with van der Waals surface area (Å²) >= 11 is 5.43. The van der Waals surface area contributed by atoms with Gasteiger partial charge in [-0.05, 0) is 32.3 Å². The molecule has 1 aromatic carbocycles. The van der Waals surface area contributed by atoms with Gasteiger partial charge in [-0.1, -0.05) is 42.5 Å². The number of H-pyrrole nitrogens is 1. The second-order valence-electron chi connectivity index (χ2n) is 5.70. The van der Waals surface area contributed by atoms with Crippen molar-refractivity contribution in [3.8, 4) is 0 Å². The van der Waals surface area contributed by atoms with Gasteiger partial charge in [0.15, 0.2) is 0 Å². The standard InChI is InChI=1S/C17H20N2OS/c1-12-13(2)18-16(19-15(12)21)17(8-10-20-11-9-17)14-6-4-3-5-7-14/h3-7H,8-11H2,1-2H3,(H,18,19,21). The van der Waals surface area contributed by atoms with E-state index in [2.05, 4.69) is 36.2 Å². The van der Waals surface area contributed by atoms with Crippen LogP contribution in [0.1, 0.15) is 35.5 Å². The predicted octanol–water partition coefficient (Wildman–Crippen LogP) is 3.85. The number of hydrogen-bond donors (Lipinski definition) is 1. The van der Waals surface area contributed by atoms with Crippen LogP contribution in [0.5, 0.6) is 0 Å². The van der Waals surface area contributed by atoms with Gasteiger partial charge in [-0.2, -0.15) is 0 Å². The molecule has 2 heterocycles. The maximum Gasteiger partial charge on any atom is 0.132 e. The lowest BCUT2D eigenvalue weighted by molar-refractivity contribution is 0.0603. The van der Waals surface area contributed by atoms with E-state index in [-0.39, 0.29) is 5.41 Å². The molecule has 0 unspecified atom stereocenters. The van der Waals surface area contributed by atoms with E-state index in [1.54, 1.807) is 0 Å². The SMILES string of the molecule is Cc1[nH]c(C2(c3ccccc3)CCOCC2)nc(=S)c1C. The minimum absolute atomic E-state index is 0.120. The fourth-order valence-corrected chi connectivity index (χ4v) is 3.26. The van der Waals surface area contributed by atoms with Gasteiger partial charge in [0.05, 0.1) is 5.41 Å². The fraction of sp³-hybridized carbons (Fsp3) is 0.412. The molecular formula is C17H20N2OS. The Kier molecular flexibility index (Phi) is 3.91. The average molecular weight is 300 g/mol. The lowest BCUT2D eigenvalue weighted by Crippen LogP contribution is -2.37. The highest BCUT2D eigenvalue weighted by molar-refractivity contribution is 7.71. The predicted molar refractivity (Wildman–Crippen MR) is 86.2 cm³/mol. The molecule has 1 aromatic heterocycles. The molecule has 0 bridgehead atoms. The van der Waals surface area contributed by atoms with Gasteiger partial charge in [0.2, 0.25) is 0 Å². The van der Waals surface area contributed by atoms with E-state index in [1.165, 1.54) is 5.56 Å². The molecule has 4 heteroatoms. The Morgan fingerprint density at radius 3 is 2.43 bits per heavy atom. The summed E-state index contributed by atoms with van der Waals surface area (Å²) in [5.74, 6) is 0.977. The van der Waals surface area contributed by atoms with E-state index >= 15 is 0 Å². The van der Waals surface area contributed by atoms with Crippen LogP contribution in [0.3, 0.4) is 0 Å². The summed E-state index contributed by atoms with van der Waals surface area (Å²) in [6.45, 7) is 5.59. The van der Waals surface area contributed by atoms with Crippen LogP contribution in [0.2, 0.25) is 0 Å². The molecule has 1 saturated heterocycles. The first kappa shape index (κ1) is 14.4. The smallest absolute Gasteiger partial charge is 0.132 e. The third kappa shape index (κ3) is 2.54. The van der Waals surface area contributed by atoms with Crippen molar-refractivity contribution in [2.75, 3.05) is 13.2 Å². The van der Waals surface area contributed by atoms with Crippen LogP contribution in [0.15, 0.2) is 30.3 Å². The summed E-state index contributed by atoms with van der Waals surface area (Å²) in [6, 6.07) is 10.6. The van der Waals surface area contributed by atoms with E-state index < -0.39 is 0 Å². The summed E-state index contributed by atoms with van der Waals surface area (Å²) in [4.78, 5) is 8.20. The highest BCUT2D eigenvalue weighted by Crippen LogP contribution is 2.39. The highest BCUT2D eigenvalue weighted by atomic mass is 32.1. The number of nitrogens with one attached hydrogen (secondary N) is 1. The number of hydrogen-bond acceptors (Lipinski definition) is 3. The number of benzene rings is 1. The first-order chi connectivity index (χ1) is 10.1. The minimum Gasteiger partial charge on any atom is -0.381 e. The van der Waals surface area contributed by atoms with E-state index in [4.69, 9.17) is 21.9 Å². The molecule has 0 radical (unpaired) electrons. The molecule has 0 amide bonds. The Morgan fingerprint density at radius 1 is 1.14 bits per heavy atom. The normalized spacial score (nSPS) is 17.6. The number of aromatic amines is 1. The molecule has 1 fully saturated rings. The number of ether oxygens (including phenoxy) is 1. The van der Waals surface area contributed by atoms with Crippen LogP contribution in [0.25, 0.3) is 0 Å². The Bertz CT molecular complexity index is 688. The molecule has 21 heavy (non-hydrogen) atoms. The third-order valence-corrected chi connectivity index (χ3v) is 4.93. The lowest BCUT2D eigenvalue weighted by Gasteiger charge is -2.37. The number of aromatic nitrogens is 2. The van der Waals surface area contributed by atoms with Crippen LogP contribution >= 0.6 is 12.2 Å². The third-order valence-electron chi connectivity index (χ3n) is 4.53. The zero-order chi connectivity index (χ0) is 14.9. The van der Waals surface area contributed by atoms with Crippen molar-refractivity contribution in [2.45, 2.75) is 32.1 Å². The molecule has 0 aliphatic carbocycles. The molecule has 3 rings (SSSR count). The number of nitrogens with zero attached hydrogens (tertiary/aromatic N) is 1. The van der Waals surface area contributed by atoms with E-state index in [9.17, 15) is 0 Å². The van der Waals surface area contributed by atoms with E-state index in [1.807, 2.05) is 13.0 Å². The van der Waals surface area contributed by atoms with Gasteiger partial charge in [0, 0.05) is 24.5 Å². The summed E-state index contributed by atoms with van der Waals surface area (Å²) in [6.07, 6.45) is 1.86. The van der Waals surface area contributed by atoms with Crippen molar-refractivity contribution < 1.29 is 4.74 Å². The van der Waals surface area contributed by atoms with Crippen molar-refractivity contribution in [1.29, 1.82) is 0 Å². The molecule has 3 nitrogen and oxygen atoms in total. The van der Waals surface area contributed by atoms with Gasteiger partial charge in [0.1, 0.15) is 10.5 Å². The molecular weight excluding hydrogens is 280 g/mol. The zero-order valence-corrected chi connectivity index (χ0v) is 13.3. The molecule has 0 atom stereocenters. The quantitative estimate of drug-likeness (QED) is 0.856. The largest absolute Gasteiger partial charge is 0.381 e. The van der Waals surface area contributed by atoms with Gasteiger partial charge in [0.25, 0.3) is 0 Å². The van der Waals surface area contributed by atoms with Gasteiger partial charge in [-0.3, -0.25) is 0 Å². The first-order valence-electron chi connectivity index (χ1n) is 7.35. The second kappa shape index (κ2) is 5.70. The Balaban J connectivity index is 2.19. The maximum absolute atomic E-state index is 5.58. The van der Waals surface area contributed by atoms with Crippen molar-refractivity contribution in [3.05, 3.63) is 57.6 Å². The van der Waals surface area contributed by atoms with Crippen LogP contribution in [0.4, 0.5) is 0 Å². The van der Waals surface area contributed by atoms with Gasteiger partial charge >= 0.3 is 0 Å². The second-order valence-corrected chi connectivity index (χ2v) is 6.09. The molecule has 1 aliphatic rings. The Labute approximate surface area is 130 Å². The molecule has 110 valence electrons. The van der Waals surface area contributed by atoms with Crippen LogP contribution in [0, 0.1) is 18.5 Å². The van der Waals surface area contributed by atoms with Crippen molar-refractivity contribution >= 4 is 12.2 Å². The van der Waals surface area contributed by atoms with Crippen molar-refractivity contribution in [3.63, 3.8) is 0 Å². The summed E-state index contributed by atoms with van der Waals surface area (Å²) in [7, 11) is 0.